The first kappa shape index (κ1) is 24.3. The maximum Gasteiger partial charge on any atom is 0.247 e. The van der Waals surface area contributed by atoms with Crippen LogP contribution in [0.5, 0.6) is 0 Å². The Morgan fingerprint density at radius 1 is 1.12 bits per heavy atom. The number of carbonyl (C=O) groups is 2. The maximum atomic E-state index is 14.0. The molecule has 0 spiro atoms. The van der Waals surface area contributed by atoms with Gasteiger partial charge in [-0.05, 0) is 50.3 Å². The van der Waals surface area contributed by atoms with Crippen molar-refractivity contribution in [2.75, 3.05) is 17.7 Å². The van der Waals surface area contributed by atoms with E-state index in [1.54, 1.807) is 12.1 Å². The van der Waals surface area contributed by atoms with E-state index in [4.69, 9.17) is 4.74 Å². The highest BCUT2D eigenvalue weighted by atomic mass is 32.1. The monoisotopic (exact) mass is 458 g/mol. The van der Waals surface area contributed by atoms with Crippen molar-refractivity contribution in [1.82, 2.24) is 5.32 Å². The zero-order chi connectivity index (χ0) is 23.0. The number of anilines is 1. The topological polar surface area (TPSA) is 67.4 Å². The Kier molecular flexibility index (Phi) is 8.70. The highest BCUT2D eigenvalue weighted by Gasteiger charge is 2.38. The van der Waals surface area contributed by atoms with Gasteiger partial charge in [0, 0.05) is 24.7 Å². The van der Waals surface area contributed by atoms with Gasteiger partial charge in [-0.3, -0.25) is 9.59 Å². The molecule has 2 aromatic rings. The molecular weight excluding hydrogens is 427 g/mol. The molecule has 2 amide bonds. The van der Waals surface area contributed by atoms with E-state index in [1.807, 2.05) is 37.3 Å². The first-order valence-electron chi connectivity index (χ1n) is 11.1. The molecule has 1 fully saturated rings. The summed E-state index contributed by atoms with van der Waals surface area (Å²) in [5, 5.41) is 5.54. The van der Waals surface area contributed by atoms with Gasteiger partial charge in [0.05, 0.1) is 11.3 Å². The number of nitrogens with one attached hydrogen (secondary N) is 2. The summed E-state index contributed by atoms with van der Waals surface area (Å²) in [6.45, 7) is 2.58. The van der Waals surface area contributed by atoms with Crippen LogP contribution in [0, 0.1) is 11.7 Å². The smallest absolute Gasteiger partial charge is 0.247 e. The van der Waals surface area contributed by atoms with E-state index in [9.17, 15) is 14.0 Å². The molecule has 2 N–H and O–H groups in total. The Balaban J connectivity index is 1.69. The van der Waals surface area contributed by atoms with Gasteiger partial charge in [-0.1, -0.05) is 42.5 Å². The Hall–Kier alpha value is -2.38. The fraction of sp³-hybridized carbons (Fsp3) is 0.440. The van der Waals surface area contributed by atoms with Gasteiger partial charge < -0.3 is 15.4 Å². The lowest BCUT2D eigenvalue weighted by atomic mass is 9.79. The highest BCUT2D eigenvalue weighted by molar-refractivity contribution is 7.80. The molecule has 172 valence electrons. The number of ether oxygens (including phenoxy) is 1. The van der Waals surface area contributed by atoms with Gasteiger partial charge in [0.1, 0.15) is 11.9 Å². The molecule has 7 heteroatoms. The van der Waals surface area contributed by atoms with Crippen molar-refractivity contribution >= 4 is 30.1 Å². The molecule has 0 unspecified atom stereocenters. The average molecular weight is 459 g/mol. The van der Waals surface area contributed by atoms with E-state index < -0.39 is 17.8 Å². The predicted octanol–water partition coefficient (Wildman–Crippen LogP) is 4.39. The zero-order valence-corrected chi connectivity index (χ0v) is 19.2. The molecule has 32 heavy (non-hydrogen) atoms. The van der Waals surface area contributed by atoms with Gasteiger partial charge >= 0.3 is 0 Å². The van der Waals surface area contributed by atoms with E-state index in [-0.39, 0.29) is 23.1 Å². The third-order valence-corrected chi connectivity index (χ3v) is 6.63. The number of thiol groups is 1. The second-order valence-electron chi connectivity index (χ2n) is 8.27. The summed E-state index contributed by atoms with van der Waals surface area (Å²) < 4.78 is 20.0. The zero-order valence-electron chi connectivity index (χ0n) is 18.4. The normalized spacial score (nSPS) is 21.5. The van der Waals surface area contributed by atoms with Crippen molar-refractivity contribution in [3.8, 4) is 0 Å². The van der Waals surface area contributed by atoms with Crippen molar-refractivity contribution in [2.24, 2.45) is 5.92 Å². The fourth-order valence-electron chi connectivity index (χ4n) is 4.19. The minimum absolute atomic E-state index is 0.0951. The number of hydrogen-bond acceptors (Lipinski definition) is 4. The molecule has 2 aromatic carbocycles. The van der Waals surface area contributed by atoms with E-state index >= 15 is 0 Å². The Morgan fingerprint density at radius 2 is 1.78 bits per heavy atom. The van der Waals surface area contributed by atoms with Crippen LogP contribution in [0.25, 0.3) is 0 Å². The minimum Gasteiger partial charge on any atom is -0.374 e. The Labute approximate surface area is 194 Å². The lowest BCUT2D eigenvalue weighted by Crippen LogP contribution is -2.49. The van der Waals surface area contributed by atoms with Gasteiger partial charge in [0.25, 0.3) is 0 Å². The number of rotatable bonds is 9. The number of halogens is 1. The Bertz CT molecular complexity index is 901. The molecule has 0 radical (unpaired) electrons. The molecule has 1 aliphatic rings. The van der Waals surface area contributed by atoms with Crippen LogP contribution in [0.4, 0.5) is 10.1 Å². The van der Waals surface area contributed by atoms with Crippen molar-refractivity contribution in [2.45, 2.75) is 50.7 Å². The van der Waals surface area contributed by atoms with E-state index in [0.717, 1.165) is 18.4 Å². The molecule has 3 rings (SSSR count). The van der Waals surface area contributed by atoms with E-state index in [2.05, 4.69) is 23.3 Å². The summed E-state index contributed by atoms with van der Waals surface area (Å²) >= 11 is 4.45. The van der Waals surface area contributed by atoms with Crippen LogP contribution in [0.15, 0.2) is 54.6 Å². The predicted molar refractivity (Wildman–Crippen MR) is 127 cm³/mol. The lowest BCUT2D eigenvalue weighted by Gasteiger charge is -2.38. The molecule has 0 aliphatic heterocycles. The summed E-state index contributed by atoms with van der Waals surface area (Å²) in [6.07, 6.45) is 3.19. The molecule has 0 aromatic heterocycles. The number of hydrogen-bond donors (Lipinski definition) is 3. The van der Waals surface area contributed by atoms with Crippen LogP contribution < -0.4 is 10.6 Å². The van der Waals surface area contributed by atoms with Crippen LogP contribution >= 0.6 is 12.6 Å². The molecule has 0 heterocycles. The van der Waals surface area contributed by atoms with Crippen molar-refractivity contribution < 1.29 is 18.7 Å². The summed E-state index contributed by atoms with van der Waals surface area (Å²) in [7, 11) is 0. The van der Waals surface area contributed by atoms with Gasteiger partial charge in [-0.15, -0.1) is 0 Å². The second kappa shape index (κ2) is 11.5. The SMILES string of the molecule is CCO[C@]1(CS)CC[C@H](C(=O)N[C@@H](Cc2ccccc2)C(=O)Nc2ccccc2F)CC1. The first-order chi connectivity index (χ1) is 15.5. The maximum absolute atomic E-state index is 14.0. The minimum atomic E-state index is -0.812. The van der Waals surface area contributed by atoms with Crippen molar-refractivity contribution in [3.63, 3.8) is 0 Å². The van der Waals surface area contributed by atoms with Gasteiger partial charge in [0.15, 0.2) is 0 Å². The van der Waals surface area contributed by atoms with Crippen LogP contribution in [0.3, 0.4) is 0 Å². The number of carbonyl (C=O) groups excluding carboxylic acids is 2. The summed E-state index contributed by atoms with van der Waals surface area (Å²) in [5.41, 5.74) is 0.730. The molecule has 1 saturated carbocycles. The summed E-state index contributed by atoms with van der Waals surface area (Å²) in [6, 6.07) is 14.7. The molecule has 0 bridgehead atoms. The third-order valence-electron chi connectivity index (χ3n) is 6.05. The van der Waals surface area contributed by atoms with E-state index in [0.29, 0.717) is 31.6 Å². The highest BCUT2D eigenvalue weighted by Crippen LogP contribution is 2.36. The van der Waals surface area contributed by atoms with Crippen LogP contribution in [0.1, 0.15) is 38.2 Å². The Morgan fingerprint density at radius 3 is 2.41 bits per heavy atom. The number of benzene rings is 2. The quantitative estimate of drug-likeness (QED) is 0.489. The second-order valence-corrected chi connectivity index (χ2v) is 8.58. The fourth-order valence-corrected chi connectivity index (χ4v) is 4.60. The van der Waals surface area contributed by atoms with Crippen LogP contribution in [-0.2, 0) is 20.7 Å². The largest absolute Gasteiger partial charge is 0.374 e. The molecular formula is C25H31FN2O3S. The average Bonchev–Trinajstić information content (AvgIpc) is 2.81. The van der Waals surface area contributed by atoms with Crippen molar-refractivity contribution in [3.05, 3.63) is 66.0 Å². The van der Waals surface area contributed by atoms with Gasteiger partial charge in [0.2, 0.25) is 11.8 Å². The van der Waals surface area contributed by atoms with Crippen LogP contribution in [-0.4, -0.2) is 35.8 Å². The number of amides is 2. The third kappa shape index (κ3) is 6.33. The van der Waals surface area contributed by atoms with Gasteiger partial charge in [-0.25, -0.2) is 4.39 Å². The summed E-state index contributed by atoms with van der Waals surface area (Å²) in [4.78, 5) is 26.1. The lowest BCUT2D eigenvalue weighted by molar-refractivity contribution is -0.132. The number of para-hydroxylation sites is 1. The van der Waals surface area contributed by atoms with Crippen molar-refractivity contribution in [1.29, 1.82) is 0 Å². The first-order valence-corrected chi connectivity index (χ1v) is 11.7. The standard InChI is InChI=1S/C25H31FN2O3S/c1-2-31-25(17-32)14-12-19(13-15-25)23(29)28-22(16-18-8-4-3-5-9-18)24(30)27-21-11-7-6-10-20(21)26/h3-11,19,22,32H,2,12-17H2,1H3,(H,27,30)(H,28,29)/t19-,22-,25+/m0/s1. The molecule has 1 aliphatic carbocycles. The molecule has 5 nitrogen and oxygen atoms in total. The summed E-state index contributed by atoms with van der Waals surface area (Å²) in [5.74, 6) is -0.683. The van der Waals surface area contributed by atoms with Gasteiger partial charge in [-0.2, -0.15) is 12.6 Å². The van der Waals surface area contributed by atoms with E-state index in [1.165, 1.54) is 12.1 Å². The molecule has 1 atom stereocenters. The molecule has 0 saturated heterocycles. The van der Waals surface area contributed by atoms with Crippen LogP contribution in [0.2, 0.25) is 0 Å².